The van der Waals surface area contributed by atoms with Crippen molar-refractivity contribution in [1.82, 2.24) is 0 Å². The minimum absolute atomic E-state index is 0.209. The molecule has 0 saturated heterocycles. The van der Waals surface area contributed by atoms with Crippen LogP contribution in [0, 0.1) is 13.8 Å². The molecule has 3 rings (SSSR count). The maximum atomic E-state index is 12.3. The van der Waals surface area contributed by atoms with Gasteiger partial charge in [-0.1, -0.05) is 34.1 Å². The van der Waals surface area contributed by atoms with Crippen molar-refractivity contribution in [2.24, 2.45) is 0 Å². The summed E-state index contributed by atoms with van der Waals surface area (Å²) < 4.78 is 11.9. The molecule has 29 heavy (non-hydrogen) atoms. The van der Waals surface area contributed by atoms with Gasteiger partial charge in [0.05, 0.1) is 0 Å². The summed E-state index contributed by atoms with van der Waals surface area (Å²) in [6.07, 6.45) is 0. The Morgan fingerprint density at radius 1 is 0.931 bits per heavy atom. The lowest BCUT2D eigenvalue weighted by atomic mass is 10.1. The number of amides is 1. The quantitative estimate of drug-likeness (QED) is 0.406. The summed E-state index contributed by atoms with van der Waals surface area (Å²) in [7, 11) is 0. The van der Waals surface area contributed by atoms with Gasteiger partial charge < -0.3 is 14.8 Å². The van der Waals surface area contributed by atoms with Gasteiger partial charge >= 0.3 is 5.97 Å². The first kappa shape index (κ1) is 20.6. The van der Waals surface area contributed by atoms with Gasteiger partial charge in [-0.2, -0.15) is 0 Å². The first-order valence-electron chi connectivity index (χ1n) is 8.99. The van der Waals surface area contributed by atoms with Crippen LogP contribution >= 0.6 is 15.9 Å². The predicted octanol–water partition coefficient (Wildman–Crippen LogP) is 5.30. The number of para-hydroxylation sites is 1. The summed E-state index contributed by atoms with van der Waals surface area (Å²) >= 11 is 3.43. The number of carbonyl (C=O) groups excluding carboxylic acids is 2. The number of anilines is 1. The molecule has 0 radical (unpaired) electrons. The van der Waals surface area contributed by atoms with Crippen molar-refractivity contribution in [3.05, 3.63) is 87.9 Å². The summed E-state index contributed by atoms with van der Waals surface area (Å²) in [5, 5.41) is 2.80. The Kier molecular flexibility index (Phi) is 6.67. The number of hydrogen-bond donors (Lipinski definition) is 1. The van der Waals surface area contributed by atoms with Crippen molar-refractivity contribution in [2.75, 3.05) is 11.9 Å². The minimum Gasteiger partial charge on any atom is -0.481 e. The van der Waals surface area contributed by atoms with Crippen LogP contribution in [0.3, 0.4) is 0 Å². The van der Waals surface area contributed by atoms with E-state index in [1.807, 2.05) is 56.3 Å². The zero-order valence-electron chi connectivity index (χ0n) is 16.1. The van der Waals surface area contributed by atoms with Crippen LogP contribution in [0.1, 0.15) is 21.5 Å². The van der Waals surface area contributed by atoms with Crippen molar-refractivity contribution in [2.45, 2.75) is 13.8 Å². The topological polar surface area (TPSA) is 64.6 Å². The molecule has 3 aromatic carbocycles. The number of nitrogens with one attached hydrogen (secondary N) is 1. The molecule has 0 fully saturated rings. The van der Waals surface area contributed by atoms with Crippen LogP contribution in [-0.4, -0.2) is 18.5 Å². The van der Waals surface area contributed by atoms with Crippen LogP contribution in [-0.2, 0) is 4.79 Å². The van der Waals surface area contributed by atoms with Gasteiger partial charge in [0.2, 0.25) is 0 Å². The molecule has 1 N–H and O–H groups in total. The number of hydrogen-bond acceptors (Lipinski definition) is 4. The molecule has 0 aromatic heterocycles. The van der Waals surface area contributed by atoms with Crippen molar-refractivity contribution in [3.8, 4) is 11.5 Å². The highest BCUT2D eigenvalue weighted by Crippen LogP contribution is 2.27. The largest absolute Gasteiger partial charge is 0.481 e. The molecule has 0 atom stereocenters. The third kappa shape index (κ3) is 5.68. The molecule has 0 saturated carbocycles. The Morgan fingerprint density at radius 3 is 2.17 bits per heavy atom. The van der Waals surface area contributed by atoms with Gasteiger partial charge in [-0.25, -0.2) is 4.79 Å². The average Bonchev–Trinajstić information content (AvgIpc) is 2.68. The SMILES string of the molecule is Cc1cc(Br)cc(C)c1OCC(=O)Oc1ccc(C(=O)Nc2ccccc2)cc1. The Morgan fingerprint density at radius 2 is 1.55 bits per heavy atom. The lowest BCUT2D eigenvalue weighted by Gasteiger charge is -2.12. The number of benzene rings is 3. The van der Waals surface area contributed by atoms with E-state index in [-0.39, 0.29) is 12.5 Å². The molecule has 0 heterocycles. The van der Waals surface area contributed by atoms with Crippen LogP contribution in [0.4, 0.5) is 5.69 Å². The molecule has 148 valence electrons. The first-order chi connectivity index (χ1) is 13.9. The van der Waals surface area contributed by atoms with Crippen LogP contribution in [0.15, 0.2) is 71.2 Å². The third-order valence-corrected chi connectivity index (χ3v) is 4.60. The van der Waals surface area contributed by atoms with E-state index in [1.165, 1.54) is 0 Å². The van der Waals surface area contributed by atoms with Crippen LogP contribution < -0.4 is 14.8 Å². The second kappa shape index (κ2) is 9.39. The van der Waals surface area contributed by atoms with Gasteiger partial charge in [-0.3, -0.25) is 4.79 Å². The molecule has 0 aliphatic heterocycles. The molecular weight excluding hydrogens is 434 g/mol. The van der Waals surface area contributed by atoms with Crippen molar-refractivity contribution < 1.29 is 19.1 Å². The highest BCUT2D eigenvalue weighted by molar-refractivity contribution is 9.10. The standard InChI is InChI=1S/C23H20BrNO4/c1-15-12-18(24)13-16(2)22(15)28-14-21(26)29-20-10-8-17(9-11-20)23(27)25-19-6-4-3-5-7-19/h3-13H,14H2,1-2H3,(H,25,27). The van der Waals surface area contributed by atoms with Crippen LogP contribution in [0.2, 0.25) is 0 Å². The molecule has 5 nitrogen and oxygen atoms in total. The lowest BCUT2D eigenvalue weighted by molar-refractivity contribution is -0.136. The third-order valence-electron chi connectivity index (χ3n) is 4.14. The number of rotatable bonds is 6. The second-order valence-electron chi connectivity index (χ2n) is 6.48. The van der Waals surface area contributed by atoms with E-state index in [9.17, 15) is 9.59 Å². The Labute approximate surface area is 177 Å². The lowest BCUT2D eigenvalue weighted by Crippen LogP contribution is -2.18. The van der Waals surface area contributed by atoms with Crippen LogP contribution in [0.5, 0.6) is 11.5 Å². The molecule has 0 aliphatic carbocycles. The zero-order chi connectivity index (χ0) is 20.8. The van der Waals surface area contributed by atoms with Gasteiger partial charge in [0.25, 0.3) is 5.91 Å². The van der Waals surface area contributed by atoms with E-state index in [0.29, 0.717) is 22.7 Å². The fourth-order valence-electron chi connectivity index (χ4n) is 2.82. The fraction of sp³-hybridized carbons (Fsp3) is 0.130. The molecule has 0 bridgehead atoms. The summed E-state index contributed by atoms with van der Waals surface area (Å²) in [5.74, 6) is 0.254. The molecular formula is C23H20BrNO4. The first-order valence-corrected chi connectivity index (χ1v) is 9.78. The average molecular weight is 454 g/mol. The number of ether oxygens (including phenoxy) is 2. The summed E-state index contributed by atoms with van der Waals surface area (Å²) in [5.41, 5.74) is 3.03. The van der Waals surface area contributed by atoms with E-state index < -0.39 is 5.97 Å². The van der Waals surface area contributed by atoms with Crippen LogP contribution in [0.25, 0.3) is 0 Å². The maximum Gasteiger partial charge on any atom is 0.349 e. The monoisotopic (exact) mass is 453 g/mol. The summed E-state index contributed by atoms with van der Waals surface area (Å²) in [6, 6.07) is 19.4. The van der Waals surface area contributed by atoms with E-state index >= 15 is 0 Å². The Hall–Kier alpha value is -3.12. The van der Waals surface area contributed by atoms with Crippen molar-refractivity contribution >= 4 is 33.5 Å². The van der Waals surface area contributed by atoms with Gasteiger partial charge in [-0.05, 0) is 73.5 Å². The number of carbonyl (C=O) groups is 2. The molecule has 1 amide bonds. The summed E-state index contributed by atoms with van der Waals surface area (Å²) in [4.78, 5) is 24.4. The summed E-state index contributed by atoms with van der Waals surface area (Å²) in [6.45, 7) is 3.62. The number of halogens is 1. The zero-order valence-corrected chi connectivity index (χ0v) is 17.7. The predicted molar refractivity (Wildman–Crippen MR) is 116 cm³/mol. The smallest absolute Gasteiger partial charge is 0.349 e. The highest BCUT2D eigenvalue weighted by Gasteiger charge is 2.11. The normalized spacial score (nSPS) is 10.3. The number of aryl methyl sites for hydroxylation is 2. The molecule has 3 aromatic rings. The van der Waals surface area contributed by atoms with Crippen molar-refractivity contribution in [3.63, 3.8) is 0 Å². The highest BCUT2D eigenvalue weighted by atomic mass is 79.9. The van der Waals surface area contributed by atoms with Gasteiger partial charge in [-0.15, -0.1) is 0 Å². The van der Waals surface area contributed by atoms with E-state index in [4.69, 9.17) is 9.47 Å². The minimum atomic E-state index is -0.520. The molecule has 6 heteroatoms. The molecule has 0 spiro atoms. The fourth-order valence-corrected chi connectivity index (χ4v) is 3.50. The molecule has 0 unspecified atom stereocenters. The Bertz CT molecular complexity index is 994. The van der Waals surface area contributed by atoms with Gasteiger partial charge in [0.15, 0.2) is 6.61 Å². The van der Waals surface area contributed by atoms with Gasteiger partial charge in [0.1, 0.15) is 11.5 Å². The van der Waals surface area contributed by atoms with Gasteiger partial charge in [0, 0.05) is 15.7 Å². The Balaban J connectivity index is 1.55. The molecule has 0 aliphatic rings. The number of esters is 1. The maximum absolute atomic E-state index is 12.3. The van der Waals surface area contributed by atoms with E-state index in [0.717, 1.165) is 15.6 Å². The van der Waals surface area contributed by atoms with Crippen molar-refractivity contribution in [1.29, 1.82) is 0 Å². The second-order valence-corrected chi connectivity index (χ2v) is 7.39. The van der Waals surface area contributed by atoms with E-state index in [1.54, 1.807) is 24.3 Å². The van der Waals surface area contributed by atoms with E-state index in [2.05, 4.69) is 21.2 Å².